The van der Waals surface area contributed by atoms with Gasteiger partial charge in [0, 0.05) is 27.3 Å². The summed E-state index contributed by atoms with van der Waals surface area (Å²) in [5.74, 6) is -0.488. The van der Waals surface area contributed by atoms with Gasteiger partial charge in [0.25, 0.3) is 10.0 Å². The van der Waals surface area contributed by atoms with E-state index in [1.807, 2.05) is 36.4 Å². The third-order valence-corrected chi connectivity index (χ3v) is 5.79. The molecule has 0 spiro atoms. The van der Waals surface area contributed by atoms with Crippen LogP contribution in [0.3, 0.4) is 0 Å². The molecule has 0 amide bonds. The highest BCUT2D eigenvalue weighted by Crippen LogP contribution is 2.27. The van der Waals surface area contributed by atoms with Crippen LogP contribution in [0.1, 0.15) is 0 Å². The first-order chi connectivity index (χ1) is 12.9. The van der Waals surface area contributed by atoms with E-state index in [4.69, 9.17) is 11.6 Å². The lowest BCUT2D eigenvalue weighted by atomic mass is 10.1. The van der Waals surface area contributed by atoms with Crippen molar-refractivity contribution in [3.63, 3.8) is 0 Å². The fourth-order valence-electron chi connectivity index (χ4n) is 2.80. The number of fused-ring (bicyclic) bond motifs is 1. The second-order valence-corrected chi connectivity index (χ2v) is 8.17. The van der Waals surface area contributed by atoms with E-state index in [9.17, 15) is 12.8 Å². The maximum atomic E-state index is 13.0. The number of aromatic amines is 1. The van der Waals surface area contributed by atoms with Gasteiger partial charge in [0.2, 0.25) is 0 Å². The number of rotatable bonds is 4. The SMILES string of the molecule is O=S(=O)(Nc1ccc(-c2cc3cc(Cl)ccc3[nH]2)cc1)c1ccc(F)cc1. The molecule has 0 aliphatic carbocycles. The highest BCUT2D eigenvalue weighted by Gasteiger charge is 2.14. The number of benzene rings is 3. The molecule has 7 heteroatoms. The van der Waals surface area contributed by atoms with Crippen molar-refractivity contribution in [3.8, 4) is 11.3 Å². The van der Waals surface area contributed by atoms with Gasteiger partial charge in [-0.3, -0.25) is 4.72 Å². The van der Waals surface area contributed by atoms with E-state index in [0.717, 1.165) is 34.3 Å². The summed E-state index contributed by atoms with van der Waals surface area (Å²) in [6.45, 7) is 0. The largest absolute Gasteiger partial charge is 0.355 e. The third kappa shape index (κ3) is 3.67. The monoisotopic (exact) mass is 400 g/mol. The molecule has 4 aromatic rings. The molecule has 0 saturated carbocycles. The molecule has 4 rings (SSSR count). The molecule has 27 heavy (non-hydrogen) atoms. The van der Waals surface area contributed by atoms with Crippen LogP contribution in [0, 0.1) is 5.82 Å². The minimum absolute atomic E-state index is 0.000438. The van der Waals surface area contributed by atoms with Crippen molar-refractivity contribution >= 4 is 38.2 Å². The summed E-state index contributed by atoms with van der Waals surface area (Å²) in [6, 6.07) is 19.2. The predicted octanol–water partition coefficient (Wildman–Crippen LogP) is 5.43. The summed E-state index contributed by atoms with van der Waals surface area (Å²) in [5, 5.41) is 1.66. The number of nitrogens with one attached hydrogen (secondary N) is 2. The predicted molar refractivity (Wildman–Crippen MR) is 106 cm³/mol. The Hall–Kier alpha value is -2.83. The summed E-state index contributed by atoms with van der Waals surface area (Å²) in [4.78, 5) is 3.31. The Morgan fingerprint density at radius 3 is 2.30 bits per heavy atom. The van der Waals surface area contributed by atoms with Crippen molar-refractivity contribution in [1.29, 1.82) is 0 Å². The first kappa shape index (κ1) is 17.6. The van der Waals surface area contributed by atoms with Crippen molar-refractivity contribution in [2.75, 3.05) is 4.72 Å². The van der Waals surface area contributed by atoms with Crippen LogP contribution < -0.4 is 4.72 Å². The maximum absolute atomic E-state index is 13.0. The van der Waals surface area contributed by atoms with Gasteiger partial charge in [-0.15, -0.1) is 0 Å². The van der Waals surface area contributed by atoms with E-state index < -0.39 is 15.8 Å². The zero-order valence-electron chi connectivity index (χ0n) is 13.9. The first-order valence-corrected chi connectivity index (χ1v) is 9.94. The Kier molecular flexibility index (Phi) is 4.37. The number of hydrogen-bond donors (Lipinski definition) is 2. The van der Waals surface area contributed by atoms with Crippen molar-refractivity contribution < 1.29 is 12.8 Å². The number of halogens is 2. The van der Waals surface area contributed by atoms with Gasteiger partial charge in [-0.25, -0.2) is 12.8 Å². The van der Waals surface area contributed by atoms with Crippen LogP contribution in [0.25, 0.3) is 22.2 Å². The summed E-state index contributed by atoms with van der Waals surface area (Å²) >= 11 is 6.02. The Morgan fingerprint density at radius 1 is 0.889 bits per heavy atom. The number of sulfonamides is 1. The molecular weight excluding hydrogens is 387 g/mol. The summed E-state index contributed by atoms with van der Waals surface area (Å²) in [6.07, 6.45) is 0. The molecule has 0 fully saturated rings. The quantitative estimate of drug-likeness (QED) is 0.480. The highest BCUT2D eigenvalue weighted by molar-refractivity contribution is 7.92. The third-order valence-electron chi connectivity index (χ3n) is 4.15. The summed E-state index contributed by atoms with van der Waals surface area (Å²) < 4.78 is 40.2. The van der Waals surface area contributed by atoms with Gasteiger partial charge in [-0.1, -0.05) is 23.7 Å². The Balaban J connectivity index is 1.58. The Bertz CT molecular complexity index is 1220. The van der Waals surface area contributed by atoms with E-state index in [1.165, 1.54) is 12.1 Å². The molecule has 0 saturated heterocycles. The molecule has 0 bridgehead atoms. The van der Waals surface area contributed by atoms with Crippen LogP contribution in [0.5, 0.6) is 0 Å². The highest BCUT2D eigenvalue weighted by atomic mass is 35.5. The average molecular weight is 401 g/mol. The van der Waals surface area contributed by atoms with Gasteiger partial charge in [-0.2, -0.15) is 0 Å². The average Bonchev–Trinajstić information content (AvgIpc) is 3.05. The first-order valence-electron chi connectivity index (χ1n) is 8.08. The van der Waals surface area contributed by atoms with E-state index in [-0.39, 0.29) is 4.90 Å². The second-order valence-electron chi connectivity index (χ2n) is 6.05. The topological polar surface area (TPSA) is 62.0 Å². The van der Waals surface area contributed by atoms with Crippen LogP contribution >= 0.6 is 11.6 Å². The molecule has 1 aromatic heterocycles. The Morgan fingerprint density at radius 2 is 1.59 bits per heavy atom. The van der Waals surface area contributed by atoms with Gasteiger partial charge in [0.1, 0.15) is 5.82 Å². The molecule has 4 nitrogen and oxygen atoms in total. The van der Waals surface area contributed by atoms with Crippen LogP contribution in [0.2, 0.25) is 5.02 Å². The van der Waals surface area contributed by atoms with Gasteiger partial charge >= 0.3 is 0 Å². The van der Waals surface area contributed by atoms with Crippen molar-refractivity contribution in [3.05, 3.63) is 83.6 Å². The van der Waals surface area contributed by atoms with Gasteiger partial charge in [0.05, 0.1) is 4.90 Å². The molecule has 0 aliphatic rings. The number of hydrogen-bond acceptors (Lipinski definition) is 2. The minimum atomic E-state index is -3.77. The molecule has 0 radical (unpaired) electrons. The van der Waals surface area contributed by atoms with Crippen LogP contribution in [0.15, 0.2) is 77.7 Å². The van der Waals surface area contributed by atoms with Gasteiger partial charge in [0.15, 0.2) is 0 Å². The maximum Gasteiger partial charge on any atom is 0.261 e. The molecule has 1 heterocycles. The van der Waals surface area contributed by atoms with E-state index >= 15 is 0 Å². The van der Waals surface area contributed by atoms with Crippen LogP contribution in [0.4, 0.5) is 10.1 Å². The molecule has 0 aliphatic heterocycles. The smallest absolute Gasteiger partial charge is 0.261 e. The van der Waals surface area contributed by atoms with E-state index in [0.29, 0.717) is 10.7 Å². The fourth-order valence-corrected chi connectivity index (χ4v) is 4.04. The van der Waals surface area contributed by atoms with E-state index in [1.54, 1.807) is 12.1 Å². The van der Waals surface area contributed by atoms with Crippen LogP contribution in [-0.2, 0) is 10.0 Å². The standard InChI is InChI=1S/C20H14ClFN2O2S/c21-15-3-10-19-14(11-15)12-20(23-19)13-1-6-17(7-2-13)24-27(25,26)18-8-4-16(22)5-9-18/h1-12,23-24H. The molecule has 2 N–H and O–H groups in total. The molecule has 0 atom stereocenters. The van der Waals surface area contributed by atoms with Crippen molar-refractivity contribution in [1.82, 2.24) is 4.98 Å². The van der Waals surface area contributed by atoms with Gasteiger partial charge < -0.3 is 4.98 Å². The Labute approximate surface area is 160 Å². The molecule has 3 aromatic carbocycles. The molecule has 0 unspecified atom stereocenters. The minimum Gasteiger partial charge on any atom is -0.355 e. The summed E-state index contributed by atoms with van der Waals surface area (Å²) in [5.41, 5.74) is 3.20. The number of aromatic nitrogens is 1. The summed E-state index contributed by atoms with van der Waals surface area (Å²) in [7, 11) is -3.77. The lowest BCUT2D eigenvalue weighted by molar-refractivity contribution is 0.599. The zero-order valence-corrected chi connectivity index (χ0v) is 15.5. The lowest BCUT2D eigenvalue weighted by Crippen LogP contribution is -2.12. The lowest BCUT2D eigenvalue weighted by Gasteiger charge is -2.08. The van der Waals surface area contributed by atoms with Crippen molar-refractivity contribution in [2.24, 2.45) is 0 Å². The van der Waals surface area contributed by atoms with Gasteiger partial charge in [-0.05, 0) is 66.2 Å². The normalized spacial score (nSPS) is 11.6. The van der Waals surface area contributed by atoms with Crippen molar-refractivity contribution in [2.45, 2.75) is 4.90 Å². The molecular formula is C20H14ClFN2O2S. The number of anilines is 1. The van der Waals surface area contributed by atoms with E-state index in [2.05, 4.69) is 9.71 Å². The second kappa shape index (κ2) is 6.72. The zero-order chi connectivity index (χ0) is 19.0. The fraction of sp³-hybridized carbons (Fsp3) is 0. The number of H-pyrrole nitrogens is 1. The van der Waals surface area contributed by atoms with Crippen LogP contribution in [-0.4, -0.2) is 13.4 Å². The molecule has 136 valence electrons.